The predicted octanol–water partition coefficient (Wildman–Crippen LogP) is 3.91. The van der Waals surface area contributed by atoms with Gasteiger partial charge in [-0.2, -0.15) is 0 Å². The van der Waals surface area contributed by atoms with Crippen molar-refractivity contribution in [2.45, 2.75) is 12.8 Å². The second-order valence-corrected chi connectivity index (χ2v) is 6.10. The third kappa shape index (κ3) is 5.77. The van der Waals surface area contributed by atoms with Gasteiger partial charge in [-0.3, -0.25) is 4.98 Å². The van der Waals surface area contributed by atoms with Crippen LogP contribution in [0.25, 0.3) is 0 Å². The number of alkyl halides is 3. The van der Waals surface area contributed by atoms with Crippen molar-refractivity contribution < 1.29 is 27.4 Å². The topological polar surface area (TPSA) is 63.7 Å². The smallest absolute Gasteiger partial charge is 0.494 e. The molecule has 1 saturated heterocycles. The number of hydrogen-bond donors (Lipinski definition) is 1. The molecule has 9 heteroatoms. The van der Waals surface area contributed by atoms with Crippen molar-refractivity contribution in [3.8, 4) is 11.5 Å². The molecule has 3 rings (SSSR count). The van der Waals surface area contributed by atoms with E-state index in [0.717, 1.165) is 6.42 Å². The SMILES string of the molecule is O=C(Nc1cccnc1)N1CC(CCOc2ccc(OC(F)(F)F)cc2)C1. The average molecular weight is 381 g/mol. The molecule has 1 aromatic heterocycles. The van der Waals surface area contributed by atoms with Gasteiger partial charge in [0.1, 0.15) is 11.5 Å². The second kappa shape index (κ2) is 8.15. The number of pyridine rings is 1. The van der Waals surface area contributed by atoms with Crippen LogP contribution in [-0.2, 0) is 0 Å². The standard InChI is InChI=1S/C18H18F3N3O3/c19-18(20,21)27-16-5-3-15(4-6-16)26-9-7-13-11-24(12-13)17(25)23-14-2-1-8-22-10-14/h1-6,8,10,13H,7,9,11-12H2,(H,23,25). The molecule has 1 aromatic carbocycles. The number of anilines is 1. The minimum atomic E-state index is -4.71. The molecular weight excluding hydrogens is 363 g/mol. The lowest BCUT2D eigenvalue weighted by Crippen LogP contribution is -2.52. The maximum absolute atomic E-state index is 12.1. The Morgan fingerprint density at radius 2 is 1.89 bits per heavy atom. The van der Waals surface area contributed by atoms with Gasteiger partial charge in [-0.25, -0.2) is 4.79 Å². The summed E-state index contributed by atoms with van der Waals surface area (Å²) >= 11 is 0. The molecule has 27 heavy (non-hydrogen) atoms. The number of aromatic nitrogens is 1. The van der Waals surface area contributed by atoms with Gasteiger partial charge in [0.2, 0.25) is 0 Å². The van der Waals surface area contributed by atoms with Gasteiger partial charge in [0.25, 0.3) is 0 Å². The third-order valence-electron chi connectivity index (χ3n) is 4.01. The molecule has 144 valence electrons. The Labute approximate surface area is 153 Å². The Kier molecular flexibility index (Phi) is 5.68. The fourth-order valence-electron chi connectivity index (χ4n) is 2.64. The summed E-state index contributed by atoms with van der Waals surface area (Å²) in [6.07, 6.45) is -0.750. The van der Waals surface area contributed by atoms with E-state index in [1.807, 2.05) is 0 Å². The van der Waals surface area contributed by atoms with E-state index in [2.05, 4.69) is 15.0 Å². The highest BCUT2D eigenvalue weighted by atomic mass is 19.4. The largest absolute Gasteiger partial charge is 0.573 e. The molecule has 1 aliphatic heterocycles. The van der Waals surface area contributed by atoms with Crippen molar-refractivity contribution in [1.29, 1.82) is 0 Å². The molecule has 0 bridgehead atoms. The van der Waals surface area contributed by atoms with Crippen LogP contribution in [0.3, 0.4) is 0 Å². The Balaban J connectivity index is 1.33. The molecule has 0 spiro atoms. The van der Waals surface area contributed by atoms with Gasteiger partial charge in [0.15, 0.2) is 0 Å². The third-order valence-corrected chi connectivity index (χ3v) is 4.01. The quantitative estimate of drug-likeness (QED) is 0.824. The molecule has 1 aliphatic rings. The fraction of sp³-hybridized carbons (Fsp3) is 0.333. The van der Waals surface area contributed by atoms with Crippen molar-refractivity contribution in [2.75, 3.05) is 25.0 Å². The number of likely N-dealkylation sites (tertiary alicyclic amines) is 1. The van der Waals surface area contributed by atoms with E-state index < -0.39 is 6.36 Å². The number of halogens is 3. The number of urea groups is 1. The molecular formula is C18H18F3N3O3. The fourth-order valence-corrected chi connectivity index (χ4v) is 2.64. The van der Waals surface area contributed by atoms with E-state index in [9.17, 15) is 18.0 Å². The first kappa shape index (κ1) is 18.8. The van der Waals surface area contributed by atoms with Crippen molar-refractivity contribution in [1.82, 2.24) is 9.88 Å². The van der Waals surface area contributed by atoms with Crippen LogP contribution in [0.15, 0.2) is 48.8 Å². The lowest BCUT2D eigenvalue weighted by molar-refractivity contribution is -0.274. The van der Waals surface area contributed by atoms with Crippen LogP contribution in [0.4, 0.5) is 23.7 Å². The maximum atomic E-state index is 12.1. The molecule has 0 radical (unpaired) electrons. The summed E-state index contributed by atoms with van der Waals surface area (Å²) in [5.74, 6) is 0.511. The summed E-state index contributed by atoms with van der Waals surface area (Å²) in [5, 5.41) is 2.77. The molecule has 2 heterocycles. The number of nitrogens with zero attached hydrogens (tertiary/aromatic N) is 2. The van der Waals surface area contributed by atoms with E-state index in [-0.39, 0.29) is 11.8 Å². The van der Waals surface area contributed by atoms with Crippen LogP contribution in [0.2, 0.25) is 0 Å². The molecule has 6 nitrogen and oxygen atoms in total. The lowest BCUT2D eigenvalue weighted by atomic mass is 9.97. The normalized spacial score (nSPS) is 14.4. The first-order chi connectivity index (χ1) is 12.9. The minimum absolute atomic E-state index is 0.166. The van der Waals surface area contributed by atoms with Crippen molar-refractivity contribution in [3.63, 3.8) is 0 Å². The Morgan fingerprint density at radius 1 is 1.19 bits per heavy atom. The maximum Gasteiger partial charge on any atom is 0.573 e. The molecule has 2 amide bonds. The van der Waals surface area contributed by atoms with Crippen LogP contribution >= 0.6 is 0 Å². The Morgan fingerprint density at radius 3 is 2.52 bits per heavy atom. The lowest BCUT2D eigenvalue weighted by Gasteiger charge is -2.39. The number of hydrogen-bond acceptors (Lipinski definition) is 4. The van der Waals surface area contributed by atoms with Gasteiger partial charge in [0, 0.05) is 19.3 Å². The summed E-state index contributed by atoms with van der Waals surface area (Å²) in [6.45, 7) is 1.68. The zero-order valence-corrected chi connectivity index (χ0v) is 14.3. The van der Waals surface area contributed by atoms with Crippen LogP contribution in [0.5, 0.6) is 11.5 Å². The number of nitrogens with one attached hydrogen (secondary N) is 1. The number of carbonyl (C=O) groups is 1. The highest BCUT2D eigenvalue weighted by molar-refractivity contribution is 5.89. The van der Waals surface area contributed by atoms with Crippen LogP contribution in [0, 0.1) is 5.92 Å². The number of carbonyl (C=O) groups excluding carboxylic acids is 1. The predicted molar refractivity (Wildman–Crippen MR) is 91.6 cm³/mol. The molecule has 0 saturated carbocycles. The highest BCUT2D eigenvalue weighted by Crippen LogP contribution is 2.25. The van der Waals surface area contributed by atoms with Crippen LogP contribution < -0.4 is 14.8 Å². The first-order valence-electron chi connectivity index (χ1n) is 8.33. The molecule has 1 N–H and O–H groups in total. The molecule has 0 unspecified atom stereocenters. The molecule has 0 atom stereocenters. The van der Waals surface area contributed by atoms with Crippen molar-refractivity contribution in [2.24, 2.45) is 5.92 Å². The molecule has 2 aromatic rings. The molecule has 1 fully saturated rings. The first-order valence-corrected chi connectivity index (χ1v) is 8.33. The summed E-state index contributed by atoms with van der Waals surface area (Å²) in [5.41, 5.74) is 0.646. The van der Waals surface area contributed by atoms with E-state index in [1.165, 1.54) is 24.3 Å². The van der Waals surface area contributed by atoms with Gasteiger partial charge in [-0.15, -0.1) is 13.2 Å². The van der Waals surface area contributed by atoms with E-state index in [0.29, 0.717) is 37.1 Å². The van der Waals surface area contributed by atoms with Gasteiger partial charge < -0.3 is 19.7 Å². The summed E-state index contributed by atoms with van der Waals surface area (Å²) < 4.78 is 45.6. The minimum Gasteiger partial charge on any atom is -0.494 e. The number of amides is 2. The van der Waals surface area contributed by atoms with Gasteiger partial charge in [0.05, 0.1) is 18.5 Å². The number of benzene rings is 1. The zero-order chi connectivity index (χ0) is 19.3. The van der Waals surface area contributed by atoms with E-state index in [4.69, 9.17) is 4.74 Å². The van der Waals surface area contributed by atoms with Gasteiger partial charge in [-0.05, 0) is 48.7 Å². The second-order valence-electron chi connectivity index (χ2n) is 6.10. The van der Waals surface area contributed by atoms with E-state index in [1.54, 1.807) is 29.4 Å². The highest BCUT2D eigenvalue weighted by Gasteiger charge is 2.31. The average Bonchev–Trinajstić information content (AvgIpc) is 2.57. The zero-order valence-electron chi connectivity index (χ0n) is 14.3. The summed E-state index contributed by atoms with van der Waals surface area (Å²) in [6, 6.07) is 8.60. The van der Waals surface area contributed by atoms with E-state index >= 15 is 0 Å². The van der Waals surface area contributed by atoms with Crippen LogP contribution in [0.1, 0.15) is 6.42 Å². The monoisotopic (exact) mass is 381 g/mol. The molecule has 0 aliphatic carbocycles. The number of ether oxygens (including phenoxy) is 2. The van der Waals surface area contributed by atoms with Gasteiger partial charge >= 0.3 is 12.4 Å². The summed E-state index contributed by atoms with van der Waals surface area (Å²) in [4.78, 5) is 17.7. The van der Waals surface area contributed by atoms with Crippen molar-refractivity contribution in [3.05, 3.63) is 48.8 Å². The number of rotatable bonds is 6. The van der Waals surface area contributed by atoms with Crippen molar-refractivity contribution >= 4 is 11.7 Å². The summed E-state index contributed by atoms with van der Waals surface area (Å²) in [7, 11) is 0. The Hall–Kier alpha value is -2.97. The Bertz CT molecular complexity index is 748. The van der Waals surface area contributed by atoms with Crippen LogP contribution in [-0.4, -0.2) is 42.0 Å². The van der Waals surface area contributed by atoms with Gasteiger partial charge in [-0.1, -0.05) is 0 Å².